The van der Waals surface area contributed by atoms with Gasteiger partial charge in [-0.05, 0) is 79.3 Å². The zero-order chi connectivity index (χ0) is 18.9. The molecule has 3 aliphatic heterocycles. The van der Waals surface area contributed by atoms with Gasteiger partial charge in [-0.15, -0.1) is 0 Å². The standard InChI is InChI=1S/C22H44N4/c1-21(2,3)25-9-7-19(8-10-25)15-24-17-20(18-24)16-23-11-13-26(14-12-23)22(4,5)6/h19-20H,7-18H2,1-6H3. The van der Waals surface area contributed by atoms with Gasteiger partial charge < -0.3 is 9.80 Å². The third-order valence-corrected chi connectivity index (χ3v) is 6.95. The molecule has 152 valence electrons. The Hall–Kier alpha value is -0.160. The minimum atomic E-state index is 0.335. The molecule has 3 rings (SSSR count). The first-order valence-corrected chi connectivity index (χ1v) is 11.1. The van der Waals surface area contributed by atoms with Crippen LogP contribution in [0.25, 0.3) is 0 Å². The summed E-state index contributed by atoms with van der Waals surface area (Å²) >= 11 is 0. The summed E-state index contributed by atoms with van der Waals surface area (Å²) in [7, 11) is 0. The SMILES string of the molecule is CC(C)(C)N1CCC(CN2CC(CN3CCN(C(C)(C)C)CC3)C2)CC1. The second-order valence-electron chi connectivity index (χ2n) is 11.1. The molecule has 4 nitrogen and oxygen atoms in total. The highest BCUT2D eigenvalue weighted by Crippen LogP contribution is 2.27. The molecule has 0 amide bonds. The van der Waals surface area contributed by atoms with E-state index in [-0.39, 0.29) is 0 Å². The minimum Gasteiger partial charge on any atom is -0.302 e. The van der Waals surface area contributed by atoms with Crippen LogP contribution in [0, 0.1) is 11.8 Å². The third kappa shape index (κ3) is 5.43. The number of hydrogen-bond donors (Lipinski definition) is 0. The summed E-state index contributed by atoms with van der Waals surface area (Å²) < 4.78 is 0. The van der Waals surface area contributed by atoms with Crippen LogP contribution in [0.1, 0.15) is 54.4 Å². The fraction of sp³-hybridized carbons (Fsp3) is 1.00. The van der Waals surface area contributed by atoms with Gasteiger partial charge in [0.15, 0.2) is 0 Å². The smallest absolute Gasteiger partial charge is 0.0126 e. The molecule has 0 aliphatic carbocycles. The molecule has 3 heterocycles. The van der Waals surface area contributed by atoms with E-state index in [1.807, 2.05) is 0 Å². The summed E-state index contributed by atoms with van der Waals surface area (Å²) in [5.41, 5.74) is 0.686. The van der Waals surface area contributed by atoms with E-state index in [1.54, 1.807) is 0 Å². The molecule has 4 heteroatoms. The van der Waals surface area contributed by atoms with Crippen LogP contribution in [0.5, 0.6) is 0 Å². The molecule has 0 saturated carbocycles. The summed E-state index contributed by atoms with van der Waals surface area (Å²) in [6.45, 7) is 27.1. The van der Waals surface area contributed by atoms with Crippen molar-refractivity contribution in [1.29, 1.82) is 0 Å². The summed E-state index contributed by atoms with van der Waals surface area (Å²) in [4.78, 5) is 10.7. The van der Waals surface area contributed by atoms with Gasteiger partial charge in [0.1, 0.15) is 0 Å². The number of hydrogen-bond acceptors (Lipinski definition) is 4. The molecule has 3 aliphatic rings. The monoisotopic (exact) mass is 364 g/mol. The number of piperazine rings is 1. The lowest BCUT2D eigenvalue weighted by molar-refractivity contribution is 0.00988. The van der Waals surface area contributed by atoms with E-state index < -0.39 is 0 Å². The fourth-order valence-corrected chi connectivity index (χ4v) is 5.06. The van der Waals surface area contributed by atoms with E-state index in [1.165, 1.54) is 78.3 Å². The Morgan fingerprint density at radius 2 is 1.04 bits per heavy atom. The second-order valence-corrected chi connectivity index (χ2v) is 11.1. The summed E-state index contributed by atoms with van der Waals surface area (Å²) in [5.74, 6) is 1.86. The topological polar surface area (TPSA) is 13.0 Å². The Bertz CT molecular complexity index is 388. The van der Waals surface area contributed by atoms with Crippen LogP contribution in [-0.2, 0) is 0 Å². The van der Waals surface area contributed by atoms with Crippen molar-refractivity contribution in [2.45, 2.75) is 65.5 Å². The van der Waals surface area contributed by atoms with Crippen LogP contribution in [-0.4, -0.2) is 96.1 Å². The Labute approximate surface area is 162 Å². The van der Waals surface area contributed by atoms with Gasteiger partial charge in [0.05, 0.1) is 0 Å². The van der Waals surface area contributed by atoms with Crippen molar-refractivity contribution >= 4 is 0 Å². The lowest BCUT2D eigenvalue weighted by Gasteiger charge is -2.47. The van der Waals surface area contributed by atoms with Crippen molar-refractivity contribution in [3.05, 3.63) is 0 Å². The van der Waals surface area contributed by atoms with Gasteiger partial charge in [-0.1, -0.05) is 0 Å². The van der Waals surface area contributed by atoms with Crippen molar-refractivity contribution in [1.82, 2.24) is 19.6 Å². The third-order valence-electron chi connectivity index (χ3n) is 6.95. The molecule has 0 N–H and O–H groups in total. The summed E-state index contributed by atoms with van der Waals surface area (Å²) in [6.07, 6.45) is 2.79. The Morgan fingerprint density at radius 1 is 0.577 bits per heavy atom. The normalized spacial score (nSPS) is 27.0. The molecule has 0 atom stereocenters. The first-order valence-electron chi connectivity index (χ1n) is 11.1. The van der Waals surface area contributed by atoms with E-state index in [9.17, 15) is 0 Å². The van der Waals surface area contributed by atoms with E-state index in [2.05, 4.69) is 61.1 Å². The molecule has 26 heavy (non-hydrogen) atoms. The van der Waals surface area contributed by atoms with Crippen LogP contribution in [0.15, 0.2) is 0 Å². The Balaban J connectivity index is 1.29. The molecule has 3 saturated heterocycles. The predicted octanol–water partition coefficient (Wildman–Crippen LogP) is 2.84. The van der Waals surface area contributed by atoms with Crippen LogP contribution in [0.2, 0.25) is 0 Å². The average molecular weight is 365 g/mol. The van der Waals surface area contributed by atoms with Crippen molar-refractivity contribution in [2.24, 2.45) is 11.8 Å². The highest BCUT2D eigenvalue weighted by molar-refractivity contribution is 4.89. The predicted molar refractivity (Wildman–Crippen MR) is 112 cm³/mol. The van der Waals surface area contributed by atoms with E-state index in [4.69, 9.17) is 0 Å². The zero-order valence-corrected chi connectivity index (χ0v) is 18.4. The van der Waals surface area contributed by atoms with Crippen LogP contribution < -0.4 is 0 Å². The van der Waals surface area contributed by atoms with Gasteiger partial charge in [-0.25, -0.2) is 0 Å². The molecule has 0 unspecified atom stereocenters. The Morgan fingerprint density at radius 3 is 1.54 bits per heavy atom. The molecule has 0 radical (unpaired) electrons. The minimum absolute atomic E-state index is 0.335. The Kier molecular flexibility index (Phi) is 6.38. The van der Waals surface area contributed by atoms with Crippen molar-refractivity contribution in [2.75, 3.05) is 65.4 Å². The second kappa shape index (κ2) is 8.06. The van der Waals surface area contributed by atoms with Crippen molar-refractivity contribution < 1.29 is 0 Å². The van der Waals surface area contributed by atoms with Crippen LogP contribution in [0.4, 0.5) is 0 Å². The van der Waals surface area contributed by atoms with E-state index >= 15 is 0 Å². The maximum Gasteiger partial charge on any atom is 0.0126 e. The first kappa shape index (κ1) is 20.6. The average Bonchev–Trinajstić information content (AvgIpc) is 2.52. The van der Waals surface area contributed by atoms with Crippen LogP contribution in [0.3, 0.4) is 0 Å². The lowest BCUT2D eigenvalue weighted by Crippen LogP contribution is -2.58. The molecule has 3 fully saturated rings. The number of nitrogens with zero attached hydrogens (tertiary/aromatic N) is 4. The molecule has 0 aromatic carbocycles. The van der Waals surface area contributed by atoms with Gasteiger partial charge in [0, 0.05) is 63.4 Å². The summed E-state index contributed by atoms with van der Waals surface area (Å²) in [5, 5.41) is 0. The molecule has 0 aromatic heterocycles. The first-order chi connectivity index (χ1) is 12.1. The van der Waals surface area contributed by atoms with Gasteiger partial charge in [0.2, 0.25) is 0 Å². The highest BCUT2D eigenvalue weighted by Gasteiger charge is 2.34. The van der Waals surface area contributed by atoms with Gasteiger partial charge in [0.25, 0.3) is 0 Å². The van der Waals surface area contributed by atoms with Gasteiger partial charge >= 0.3 is 0 Å². The summed E-state index contributed by atoms with van der Waals surface area (Å²) in [6, 6.07) is 0. The molecule has 0 bridgehead atoms. The van der Waals surface area contributed by atoms with Gasteiger partial charge in [-0.3, -0.25) is 9.80 Å². The van der Waals surface area contributed by atoms with Gasteiger partial charge in [-0.2, -0.15) is 0 Å². The van der Waals surface area contributed by atoms with Crippen LogP contribution >= 0.6 is 0 Å². The zero-order valence-electron chi connectivity index (χ0n) is 18.4. The van der Waals surface area contributed by atoms with E-state index in [0.717, 1.165) is 11.8 Å². The number of rotatable bonds is 4. The van der Waals surface area contributed by atoms with Crippen molar-refractivity contribution in [3.63, 3.8) is 0 Å². The number of piperidine rings is 1. The maximum absolute atomic E-state index is 2.73. The molecule has 0 aromatic rings. The molecular weight excluding hydrogens is 320 g/mol. The molecular formula is C22H44N4. The molecule has 0 spiro atoms. The highest BCUT2D eigenvalue weighted by atomic mass is 15.3. The quantitative estimate of drug-likeness (QED) is 0.760. The lowest BCUT2D eigenvalue weighted by atomic mass is 9.90. The fourth-order valence-electron chi connectivity index (χ4n) is 5.06. The van der Waals surface area contributed by atoms with E-state index in [0.29, 0.717) is 11.1 Å². The largest absolute Gasteiger partial charge is 0.302 e. The number of likely N-dealkylation sites (tertiary alicyclic amines) is 2. The maximum atomic E-state index is 2.73. The van der Waals surface area contributed by atoms with Crippen molar-refractivity contribution in [3.8, 4) is 0 Å².